The molecule has 6 nitrogen and oxygen atoms in total. The quantitative estimate of drug-likeness (QED) is 0.884. The molecule has 26 heavy (non-hydrogen) atoms. The molecule has 1 aromatic rings. The van der Waals surface area contributed by atoms with E-state index in [1.165, 1.54) is 23.6 Å². The maximum absolute atomic E-state index is 14.1. The molecule has 1 fully saturated rings. The number of carboxylic acids is 1. The van der Waals surface area contributed by atoms with E-state index < -0.39 is 30.1 Å². The number of carboxylic acid groups (broad SMARTS) is 1. The van der Waals surface area contributed by atoms with Gasteiger partial charge >= 0.3 is 5.97 Å². The first-order valence-electron chi connectivity index (χ1n) is 8.44. The first-order chi connectivity index (χ1) is 12.2. The summed E-state index contributed by atoms with van der Waals surface area (Å²) >= 11 is 0. The van der Waals surface area contributed by atoms with E-state index in [-0.39, 0.29) is 29.6 Å². The molecule has 0 aliphatic carbocycles. The zero-order chi connectivity index (χ0) is 19.4. The molecule has 2 rings (SSSR count). The van der Waals surface area contributed by atoms with Crippen molar-refractivity contribution in [3.05, 3.63) is 34.9 Å². The zero-order valence-electron chi connectivity index (χ0n) is 14.8. The Balaban J connectivity index is 2.12. The maximum atomic E-state index is 14.1. The number of nitrogens with zero attached hydrogens (tertiary/aromatic N) is 2. The number of carbonyl (C=O) groups excluding carboxylic acids is 2. The van der Waals surface area contributed by atoms with Crippen molar-refractivity contribution in [3.63, 3.8) is 0 Å². The van der Waals surface area contributed by atoms with E-state index in [9.17, 15) is 23.2 Å². The molecule has 1 aromatic carbocycles. The summed E-state index contributed by atoms with van der Waals surface area (Å²) in [6, 6.07) is 1.59. The normalized spacial score (nSPS) is 17.5. The first-order valence-corrected chi connectivity index (χ1v) is 8.44. The van der Waals surface area contributed by atoms with Crippen molar-refractivity contribution in [1.29, 1.82) is 0 Å². The topological polar surface area (TPSA) is 77.9 Å². The molecule has 1 aliphatic rings. The van der Waals surface area contributed by atoms with Crippen molar-refractivity contribution in [2.75, 3.05) is 19.6 Å². The highest BCUT2D eigenvalue weighted by molar-refractivity contribution is 5.94. The summed E-state index contributed by atoms with van der Waals surface area (Å²) in [7, 11) is 0. The minimum atomic E-state index is -1.10. The predicted octanol–water partition coefficient (Wildman–Crippen LogP) is 2.20. The summed E-state index contributed by atoms with van der Waals surface area (Å²) in [6.07, 6.45) is 1.46. The van der Waals surface area contributed by atoms with Crippen molar-refractivity contribution in [1.82, 2.24) is 9.80 Å². The molecule has 0 saturated carbocycles. The van der Waals surface area contributed by atoms with Gasteiger partial charge in [-0.05, 0) is 43.9 Å². The molecule has 0 spiro atoms. The third-order valence-corrected chi connectivity index (χ3v) is 4.61. The van der Waals surface area contributed by atoms with Crippen LogP contribution in [-0.4, -0.2) is 58.4 Å². The zero-order valence-corrected chi connectivity index (χ0v) is 14.8. The van der Waals surface area contributed by atoms with E-state index in [1.807, 2.05) is 0 Å². The largest absolute Gasteiger partial charge is 0.480 e. The van der Waals surface area contributed by atoms with Gasteiger partial charge in [-0.1, -0.05) is 0 Å². The fourth-order valence-corrected chi connectivity index (χ4v) is 3.22. The van der Waals surface area contributed by atoms with Gasteiger partial charge in [-0.2, -0.15) is 0 Å². The maximum Gasteiger partial charge on any atom is 0.323 e. The molecule has 0 unspecified atom stereocenters. The van der Waals surface area contributed by atoms with Gasteiger partial charge in [0.2, 0.25) is 5.91 Å². The van der Waals surface area contributed by atoms with Crippen molar-refractivity contribution < 1.29 is 28.3 Å². The average Bonchev–Trinajstić information content (AvgIpc) is 2.81. The Hall–Kier alpha value is -2.51. The van der Waals surface area contributed by atoms with Gasteiger partial charge < -0.3 is 14.9 Å². The van der Waals surface area contributed by atoms with E-state index in [1.54, 1.807) is 0 Å². The number of rotatable bonds is 4. The van der Waals surface area contributed by atoms with Gasteiger partial charge in [0.15, 0.2) is 0 Å². The molecule has 0 bridgehead atoms. The molecular formula is C18H22F2N2O4. The van der Waals surface area contributed by atoms with Gasteiger partial charge in [0, 0.05) is 26.1 Å². The fourth-order valence-electron chi connectivity index (χ4n) is 3.22. The van der Waals surface area contributed by atoms with Crippen molar-refractivity contribution >= 4 is 17.8 Å². The Morgan fingerprint density at radius 1 is 1.19 bits per heavy atom. The summed E-state index contributed by atoms with van der Waals surface area (Å²) < 4.78 is 27.8. The molecule has 0 aromatic heterocycles. The van der Waals surface area contributed by atoms with Gasteiger partial charge in [-0.15, -0.1) is 0 Å². The van der Waals surface area contributed by atoms with Crippen LogP contribution in [0.2, 0.25) is 0 Å². The van der Waals surface area contributed by atoms with E-state index in [0.717, 1.165) is 12.1 Å². The minimum Gasteiger partial charge on any atom is -0.480 e. The Labute approximate surface area is 150 Å². The third-order valence-electron chi connectivity index (χ3n) is 4.61. The summed E-state index contributed by atoms with van der Waals surface area (Å²) in [4.78, 5) is 38.0. The molecular weight excluding hydrogens is 346 g/mol. The molecule has 1 saturated heterocycles. The highest BCUT2D eigenvalue weighted by Crippen LogP contribution is 2.21. The van der Waals surface area contributed by atoms with Crippen LogP contribution in [0.15, 0.2) is 12.1 Å². The van der Waals surface area contributed by atoms with E-state index in [0.29, 0.717) is 25.8 Å². The first kappa shape index (κ1) is 19.8. The lowest BCUT2D eigenvalue weighted by Gasteiger charge is -2.28. The molecule has 1 heterocycles. The molecule has 142 valence electrons. The van der Waals surface area contributed by atoms with Crippen LogP contribution in [-0.2, 0) is 9.59 Å². The monoisotopic (exact) mass is 368 g/mol. The van der Waals surface area contributed by atoms with Crippen LogP contribution < -0.4 is 0 Å². The molecule has 1 aliphatic heterocycles. The van der Waals surface area contributed by atoms with Crippen LogP contribution in [0.25, 0.3) is 0 Å². The number of aliphatic carboxylic acids is 1. The fraction of sp³-hybridized carbons (Fsp3) is 0.500. The smallest absolute Gasteiger partial charge is 0.323 e. The number of hydrogen-bond donors (Lipinski definition) is 1. The lowest BCUT2D eigenvalue weighted by Crippen LogP contribution is -2.43. The SMILES string of the molecule is CC(=O)N(CC(=O)O)[C@@H]1CCCN(C(=O)c2cc(F)c(C)cc2F)CC1. The van der Waals surface area contributed by atoms with Gasteiger partial charge in [-0.25, -0.2) is 8.78 Å². The second-order valence-electron chi connectivity index (χ2n) is 6.50. The number of amides is 2. The summed E-state index contributed by atoms with van der Waals surface area (Å²) in [5.74, 6) is -3.47. The van der Waals surface area contributed by atoms with Gasteiger partial charge in [-0.3, -0.25) is 14.4 Å². The van der Waals surface area contributed by atoms with E-state index in [4.69, 9.17) is 5.11 Å². The summed E-state index contributed by atoms with van der Waals surface area (Å²) in [5, 5.41) is 8.97. The van der Waals surface area contributed by atoms with Crippen molar-refractivity contribution in [2.24, 2.45) is 0 Å². The number of likely N-dealkylation sites (tertiary alicyclic amines) is 1. The lowest BCUT2D eigenvalue weighted by molar-refractivity contribution is -0.145. The summed E-state index contributed by atoms with van der Waals surface area (Å²) in [5.41, 5.74) is -0.193. The van der Waals surface area contributed by atoms with Crippen LogP contribution in [0.3, 0.4) is 0 Å². The second-order valence-corrected chi connectivity index (χ2v) is 6.50. The van der Waals surface area contributed by atoms with Crippen molar-refractivity contribution in [2.45, 2.75) is 39.2 Å². The van der Waals surface area contributed by atoms with Crippen LogP contribution in [0.4, 0.5) is 8.78 Å². The number of benzene rings is 1. The number of hydrogen-bond acceptors (Lipinski definition) is 3. The molecule has 1 N–H and O–H groups in total. The number of halogens is 2. The Morgan fingerprint density at radius 2 is 1.88 bits per heavy atom. The molecule has 2 amide bonds. The Bertz CT molecular complexity index is 723. The highest BCUT2D eigenvalue weighted by Gasteiger charge is 2.29. The predicted molar refractivity (Wildman–Crippen MR) is 89.7 cm³/mol. The second kappa shape index (κ2) is 8.25. The summed E-state index contributed by atoms with van der Waals surface area (Å²) in [6.45, 7) is 2.90. The number of carbonyl (C=O) groups is 3. The van der Waals surface area contributed by atoms with Crippen LogP contribution in [0.1, 0.15) is 42.1 Å². The molecule has 0 radical (unpaired) electrons. The Kier molecular flexibility index (Phi) is 6.28. The molecule has 8 heteroatoms. The van der Waals surface area contributed by atoms with Gasteiger partial charge in [0.05, 0.1) is 5.56 Å². The van der Waals surface area contributed by atoms with Crippen molar-refractivity contribution in [3.8, 4) is 0 Å². The standard InChI is InChI=1S/C18H22F2N2O4/c1-11-8-16(20)14(9-15(11)19)18(26)21-6-3-4-13(5-7-21)22(12(2)23)10-17(24)25/h8-9,13H,3-7,10H2,1-2H3,(H,24,25)/t13-/m1/s1. The minimum absolute atomic E-state index is 0.126. The van der Waals surface area contributed by atoms with Crippen LogP contribution in [0.5, 0.6) is 0 Å². The third kappa shape index (κ3) is 4.56. The Morgan fingerprint density at radius 3 is 2.50 bits per heavy atom. The lowest BCUT2D eigenvalue weighted by atomic mass is 10.1. The van der Waals surface area contributed by atoms with E-state index in [2.05, 4.69) is 0 Å². The van der Waals surface area contributed by atoms with Crippen LogP contribution >= 0.6 is 0 Å². The highest BCUT2D eigenvalue weighted by atomic mass is 19.1. The number of aryl methyl sites for hydroxylation is 1. The van der Waals surface area contributed by atoms with Gasteiger partial charge in [0.1, 0.15) is 18.2 Å². The molecule has 1 atom stereocenters. The van der Waals surface area contributed by atoms with Crippen LogP contribution in [0, 0.1) is 18.6 Å². The van der Waals surface area contributed by atoms with Gasteiger partial charge in [0.25, 0.3) is 5.91 Å². The average molecular weight is 368 g/mol. The van der Waals surface area contributed by atoms with E-state index >= 15 is 0 Å².